The number of unbranched alkanes of at least 4 members (excludes halogenated alkanes) is 11. The Morgan fingerprint density at radius 1 is 0.933 bits per heavy atom. The first-order chi connectivity index (χ1) is 14.6. The molecule has 0 aromatic heterocycles. The Labute approximate surface area is 182 Å². The fraction of sp³-hybridized carbons (Fsp3) is 0.680. The fourth-order valence-electron chi connectivity index (χ4n) is 3.95. The summed E-state index contributed by atoms with van der Waals surface area (Å²) in [6, 6.07) is 7.81. The molecule has 0 atom stereocenters. The maximum atomic E-state index is 12.4. The minimum Gasteiger partial charge on any atom is -0.409 e. The molecule has 0 saturated heterocycles. The third-order valence-electron chi connectivity index (χ3n) is 6.24. The van der Waals surface area contributed by atoms with Crippen LogP contribution in [0, 0.1) is 0 Å². The number of oxime groups is 1. The number of nitrogens with one attached hydrogen (secondary N) is 1. The molecule has 4 N–H and O–H groups in total. The highest BCUT2D eigenvalue weighted by atomic mass is 16.4. The lowest BCUT2D eigenvalue weighted by atomic mass is 10.0. The summed E-state index contributed by atoms with van der Waals surface area (Å²) < 4.78 is 0. The molecule has 1 fully saturated rings. The van der Waals surface area contributed by atoms with Gasteiger partial charge in [-0.2, -0.15) is 0 Å². The van der Waals surface area contributed by atoms with Gasteiger partial charge in [-0.1, -0.05) is 94.8 Å². The molecular weight excluding hydrogens is 374 g/mol. The van der Waals surface area contributed by atoms with Gasteiger partial charge in [-0.25, -0.2) is 0 Å². The number of hydrogen-bond donors (Lipinski definition) is 3. The largest absolute Gasteiger partial charge is 0.409 e. The van der Waals surface area contributed by atoms with Crippen molar-refractivity contribution in [3.63, 3.8) is 0 Å². The van der Waals surface area contributed by atoms with Gasteiger partial charge < -0.3 is 16.3 Å². The molecule has 0 aliphatic heterocycles. The monoisotopic (exact) mass is 415 g/mol. The number of hydrogen-bond acceptors (Lipinski definition) is 3. The standard InChI is InChI=1S/C25H41N3O2/c1-2-3-4-5-6-7-8-9-10-11-12-13-14-21-15-17-22(18-16-21)23(29)27-25(19-20-25)24(26)28-30/h15-18,30H,2-14,19-20H2,1H3,(H2,26,28)(H,27,29). The Balaban J connectivity index is 1.53. The van der Waals surface area contributed by atoms with Gasteiger partial charge in [0, 0.05) is 5.56 Å². The number of nitrogens with zero attached hydrogens (tertiary/aromatic N) is 1. The number of amidine groups is 1. The Hall–Kier alpha value is -2.04. The van der Waals surface area contributed by atoms with Crippen LogP contribution in [0.5, 0.6) is 0 Å². The van der Waals surface area contributed by atoms with Crippen LogP contribution in [-0.4, -0.2) is 22.5 Å². The molecule has 5 heteroatoms. The molecule has 0 unspecified atom stereocenters. The highest BCUT2D eigenvalue weighted by Crippen LogP contribution is 2.35. The van der Waals surface area contributed by atoms with Gasteiger partial charge in [-0.05, 0) is 43.4 Å². The van der Waals surface area contributed by atoms with Crippen molar-refractivity contribution in [2.45, 2.75) is 109 Å². The van der Waals surface area contributed by atoms with Crippen LogP contribution in [0.15, 0.2) is 29.4 Å². The van der Waals surface area contributed by atoms with E-state index in [-0.39, 0.29) is 11.7 Å². The number of amides is 1. The van der Waals surface area contributed by atoms with Crippen LogP contribution in [0.2, 0.25) is 0 Å². The Morgan fingerprint density at radius 2 is 1.43 bits per heavy atom. The molecule has 0 spiro atoms. The van der Waals surface area contributed by atoms with Crippen LogP contribution >= 0.6 is 0 Å². The molecule has 1 aromatic carbocycles. The van der Waals surface area contributed by atoms with Crippen LogP contribution in [0.4, 0.5) is 0 Å². The SMILES string of the molecule is CCCCCCCCCCCCCCc1ccc(C(=O)NC2(/C(N)=N/O)CC2)cc1. The van der Waals surface area contributed by atoms with E-state index in [1.807, 2.05) is 24.3 Å². The van der Waals surface area contributed by atoms with Crippen molar-refractivity contribution < 1.29 is 10.0 Å². The third kappa shape index (κ3) is 8.37. The van der Waals surface area contributed by atoms with Crippen molar-refractivity contribution in [1.29, 1.82) is 0 Å². The number of benzene rings is 1. The van der Waals surface area contributed by atoms with E-state index < -0.39 is 5.54 Å². The van der Waals surface area contributed by atoms with E-state index in [0.29, 0.717) is 18.4 Å². The van der Waals surface area contributed by atoms with Gasteiger partial charge in [0.15, 0.2) is 5.84 Å². The fourth-order valence-corrected chi connectivity index (χ4v) is 3.95. The van der Waals surface area contributed by atoms with Crippen molar-refractivity contribution >= 4 is 11.7 Å². The second-order valence-electron chi connectivity index (χ2n) is 8.86. The van der Waals surface area contributed by atoms with Crippen molar-refractivity contribution in [2.75, 3.05) is 0 Å². The second kappa shape index (κ2) is 13.3. The van der Waals surface area contributed by atoms with Gasteiger partial charge >= 0.3 is 0 Å². The zero-order chi connectivity index (χ0) is 21.7. The highest BCUT2D eigenvalue weighted by molar-refractivity contribution is 6.01. The Kier molecular flexibility index (Phi) is 10.7. The van der Waals surface area contributed by atoms with E-state index in [1.54, 1.807) is 0 Å². The minimum atomic E-state index is -0.653. The minimum absolute atomic E-state index is 0.0828. The van der Waals surface area contributed by atoms with Gasteiger partial charge in [0.25, 0.3) is 5.91 Å². The molecule has 30 heavy (non-hydrogen) atoms. The van der Waals surface area contributed by atoms with Crippen molar-refractivity contribution in [1.82, 2.24) is 5.32 Å². The van der Waals surface area contributed by atoms with E-state index in [0.717, 1.165) is 6.42 Å². The lowest BCUT2D eigenvalue weighted by Gasteiger charge is -2.15. The van der Waals surface area contributed by atoms with Crippen LogP contribution in [0.1, 0.15) is 113 Å². The molecular formula is C25H41N3O2. The average Bonchev–Trinajstić information content (AvgIpc) is 3.55. The summed E-state index contributed by atoms with van der Waals surface area (Å²) in [5.74, 6) is -0.0875. The molecule has 1 aliphatic carbocycles. The quantitative estimate of drug-likeness (QED) is 0.103. The third-order valence-corrected chi connectivity index (χ3v) is 6.24. The summed E-state index contributed by atoms with van der Waals surface area (Å²) in [5, 5.41) is 14.8. The van der Waals surface area contributed by atoms with E-state index in [4.69, 9.17) is 10.9 Å². The average molecular weight is 416 g/mol. The van der Waals surface area contributed by atoms with Gasteiger partial charge in [-0.3, -0.25) is 4.79 Å². The van der Waals surface area contributed by atoms with Crippen LogP contribution in [0.25, 0.3) is 0 Å². The summed E-state index contributed by atoms with van der Waals surface area (Å²) in [7, 11) is 0. The Morgan fingerprint density at radius 3 is 1.90 bits per heavy atom. The normalized spacial score (nSPS) is 15.2. The van der Waals surface area contributed by atoms with Crippen molar-refractivity contribution in [3.05, 3.63) is 35.4 Å². The summed E-state index contributed by atoms with van der Waals surface area (Å²) in [5.41, 5.74) is 6.92. The second-order valence-corrected chi connectivity index (χ2v) is 8.86. The topological polar surface area (TPSA) is 87.7 Å². The van der Waals surface area contributed by atoms with Gasteiger partial charge in [-0.15, -0.1) is 0 Å². The zero-order valence-corrected chi connectivity index (χ0v) is 18.8. The molecule has 1 amide bonds. The van der Waals surface area contributed by atoms with Gasteiger partial charge in [0.2, 0.25) is 0 Å². The molecule has 1 saturated carbocycles. The van der Waals surface area contributed by atoms with E-state index in [9.17, 15) is 4.79 Å². The summed E-state index contributed by atoms with van der Waals surface area (Å²) >= 11 is 0. The van der Waals surface area contributed by atoms with Crippen molar-refractivity contribution in [2.24, 2.45) is 10.9 Å². The zero-order valence-electron chi connectivity index (χ0n) is 18.8. The highest BCUT2D eigenvalue weighted by Gasteiger charge is 2.48. The molecule has 0 bridgehead atoms. The molecule has 2 rings (SSSR count). The van der Waals surface area contributed by atoms with Crippen LogP contribution in [0.3, 0.4) is 0 Å². The first kappa shape index (κ1) is 24.2. The van der Waals surface area contributed by atoms with E-state index >= 15 is 0 Å². The van der Waals surface area contributed by atoms with Gasteiger partial charge in [0.1, 0.15) is 5.54 Å². The first-order valence-electron chi connectivity index (χ1n) is 12.0. The summed E-state index contributed by atoms with van der Waals surface area (Å²) in [6.45, 7) is 2.27. The predicted molar refractivity (Wildman–Crippen MR) is 124 cm³/mol. The maximum Gasteiger partial charge on any atom is 0.252 e. The predicted octanol–water partition coefficient (Wildman–Crippen LogP) is 5.94. The van der Waals surface area contributed by atoms with E-state index in [2.05, 4.69) is 17.4 Å². The number of rotatable bonds is 16. The number of aryl methyl sites for hydroxylation is 1. The van der Waals surface area contributed by atoms with Crippen LogP contribution < -0.4 is 11.1 Å². The lowest BCUT2D eigenvalue weighted by Crippen LogP contribution is -2.46. The lowest BCUT2D eigenvalue weighted by molar-refractivity contribution is 0.0942. The van der Waals surface area contributed by atoms with E-state index in [1.165, 1.54) is 82.6 Å². The first-order valence-corrected chi connectivity index (χ1v) is 12.0. The molecule has 0 radical (unpaired) electrons. The summed E-state index contributed by atoms with van der Waals surface area (Å²) in [6.07, 6.45) is 18.8. The molecule has 1 aliphatic rings. The van der Waals surface area contributed by atoms with Crippen molar-refractivity contribution in [3.8, 4) is 0 Å². The Bertz CT molecular complexity index is 651. The molecule has 168 valence electrons. The van der Waals surface area contributed by atoms with Gasteiger partial charge in [0.05, 0.1) is 0 Å². The number of carbonyl (C=O) groups excluding carboxylic acids is 1. The smallest absolute Gasteiger partial charge is 0.252 e. The van der Waals surface area contributed by atoms with Crippen LogP contribution in [-0.2, 0) is 6.42 Å². The number of nitrogens with two attached hydrogens (primary N) is 1. The molecule has 0 heterocycles. The molecule has 5 nitrogen and oxygen atoms in total. The molecule has 1 aromatic rings. The maximum absolute atomic E-state index is 12.4. The number of carbonyl (C=O) groups is 1. The summed E-state index contributed by atoms with van der Waals surface area (Å²) in [4.78, 5) is 12.4.